The van der Waals surface area contributed by atoms with E-state index in [0.717, 1.165) is 11.1 Å². The summed E-state index contributed by atoms with van der Waals surface area (Å²) >= 11 is 0. The molecule has 1 aromatic carbocycles. The highest BCUT2D eigenvalue weighted by atomic mass is 16.4. The first-order valence-electron chi connectivity index (χ1n) is 5.38. The van der Waals surface area contributed by atoms with Crippen molar-refractivity contribution in [3.05, 3.63) is 42.1 Å². The molecule has 5 heteroatoms. The van der Waals surface area contributed by atoms with Crippen LogP contribution in [0.5, 0.6) is 5.75 Å². The van der Waals surface area contributed by atoms with E-state index >= 15 is 0 Å². The number of hydrogen-bond donors (Lipinski definition) is 4. The summed E-state index contributed by atoms with van der Waals surface area (Å²) in [7, 11) is 0. The highest BCUT2D eigenvalue weighted by molar-refractivity contribution is 5.91. The Morgan fingerprint density at radius 2 is 1.89 bits per heavy atom. The van der Waals surface area contributed by atoms with E-state index < -0.39 is 5.97 Å². The Kier molecular flexibility index (Phi) is 2.13. The molecule has 4 N–H and O–H groups in total. The van der Waals surface area contributed by atoms with Gasteiger partial charge in [0.1, 0.15) is 11.4 Å². The molecule has 0 atom stereocenters. The maximum atomic E-state index is 10.8. The lowest BCUT2D eigenvalue weighted by molar-refractivity contribution is 0.0691. The molecule has 3 aromatic rings. The molecule has 0 unspecified atom stereocenters. The van der Waals surface area contributed by atoms with Crippen LogP contribution in [0.15, 0.2) is 36.4 Å². The molecule has 0 aliphatic rings. The maximum Gasteiger partial charge on any atom is 0.352 e. The van der Waals surface area contributed by atoms with Crippen LogP contribution in [-0.4, -0.2) is 26.2 Å². The van der Waals surface area contributed by atoms with E-state index in [1.807, 2.05) is 12.1 Å². The molecule has 0 fully saturated rings. The van der Waals surface area contributed by atoms with Gasteiger partial charge in [-0.05, 0) is 24.3 Å². The van der Waals surface area contributed by atoms with Gasteiger partial charge in [-0.1, -0.05) is 12.1 Å². The van der Waals surface area contributed by atoms with Crippen molar-refractivity contribution in [2.24, 2.45) is 0 Å². The Bertz CT molecular complexity index is 740. The molecule has 5 nitrogen and oxygen atoms in total. The van der Waals surface area contributed by atoms with E-state index in [0.29, 0.717) is 11.2 Å². The smallest absolute Gasteiger partial charge is 0.352 e. The van der Waals surface area contributed by atoms with Gasteiger partial charge in [-0.25, -0.2) is 4.79 Å². The number of nitrogens with one attached hydrogen (secondary N) is 2. The third kappa shape index (κ3) is 1.53. The van der Waals surface area contributed by atoms with Gasteiger partial charge in [-0.2, -0.15) is 0 Å². The van der Waals surface area contributed by atoms with Crippen LogP contribution in [0.1, 0.15) is 10.5 Å². The number of H-pyrrole nitrogens is 2. The summed E-state index contributed by atoms with van der Waals surface area (Å²) < 4.78 is 0. The average molecular weight is 242 g/mol. The molecule has 2 heterocycles. The highest BCUT2D eigenvalue weighted by Gasteiger charge is 2.10. The van der Waals surface area contributed by atoms with Crippen LogP contribution in [0.3, 0.4) is 0 Å². The first kappa shape index (κ1) is 10.5. The van der Waals surface area contributed by atoms with Crippen molar-refractivity contribution >= 4 is 16.9 Å². The molecule has 90 valence electrons. The van der Waals surface area contributed by atoms with Crippen LogP contribution >= 0.6 is 0 Å². The lowest BCUT2D eigenvalue weighted by atomic mass is 10.2. The van der Waals surface area contributed by atoms with Crippen LogP contribution in [0, 0.1) is 0 Å². The third-order valence-electron chi connectivity index (χ3n) is 2.84. The number of para-hydroxylation sites is 1. The Labute approximate surface area is 102 Å². The summed E-state index contributed by atoms with van der Waals surface area (Å²) in [5, 5.41) is 19.4. The standard InChI is InChI=1S/C13H10N2O3/c16-11-3-1-2-7-6-10(15-12(7)11)8-4-5-9(14-8)13(17)18/h1-6,14-16H,(H,17,18). The minimum atomic E-state index is -1.000. The molecular weight excluding hydrogens is 232 g/mol. The summed E-state index contributed by atoms with van der Waals surface area (Å²) in [6.45, 7) is 0. The molecule has 0 spiro atoms. The molecule has 0 amide bonds. The van der Waals surface area contributed by atoms with Gasteiger partial charge in [0.05, 0.1) is 16.9 Å². The van der Waals surface area contributed by atoms with Gasteiger partial charge >= 0.3 is 5.97 Å². The number of carboxylic acid groups (broad SMARTS) is 1. The van der Waals surface area contributed by atoms with E-state index in [-0.39, 0.29) is 11.4 Å². The first-order chi connectivity index (χ1) is 8.65. The zero-order valence-corrected chi connectivity index (χ0v) is 9.27. The van der Waals surface area contributed by atoms with Crippen LogP contribution in [0.2, 0.25) is 0 Å². The predicted octanol–water partition coefficient (Wildman–Crippen LogP) is 2.57. The SMILES string of the molecule is O=C(O)c1ccc(-c2cc3cccc(O)c3[nH]2)[nH]1. The number of aromatic carboxylic acids is 1. The second-order valence-corrected chi connectivity index (χ2v) is 4.02. The van der Waals surface area contributed by atoms with Crippen LogP contribution in [-0.2, 0) is 0 Å². The van der Waals surface area contributed by atoms with Gasteiger partial charge in [0, 0.05) is 5.39 Å². The third-order valence-corrected chi connectivity index (χ3v) is 2.84. The van der Waals surface area contributed by atoms with E-state index in [2.05, 4.69) is 9.97 Å². The fraction of sp³-hybridized carbons (Fsp3) is 0. The summed E-state index contributed by atoms with van der Waals surface area (Å²) in [5.41, 5.74) is 2.17. The molecule has 0 aliphatic carbocycles. The lowest BCUT2D eigenvalue weighted by Gasteiger charge is -1.93. The van der Waals surface area contributed by atoms with Crippen molar-refractivity contribution in [3.8, 4) is 17.1 Å². The van der Waals surface area contributed by atoms with Gasteiger partial charge in [0.15, 0.2) is 0 Å². The molecule has 2 aromatic heterocycles. The zero-order valence-electron chi connectivity index (χ0n) is 9.27. The zero-order chi connectivity index (χ0) is 12.7. The number of fused-ring (bicyclic) bond motifs is 1. The van der Waals surface area contributed by atoms with Crippen molar-refractivity contribution in [3.63, 3.8) is 0 Å². The van der Waals surface area contributed by atoms with Crippen LogP contribution < -0.4 is 0 Å². The van der Waals surface area contributed by atoms with Crippen LogP contribution in [0.25, 0.3) is 22.3 Å². The van der Waals surface area contributed by atoms with Crippen LogP contribution in [0.4, 0.5) is 0 Å². The van der Waals surface area contributed by atoms with E-state index in [9.17, 15) is 9.90 Å². The predicted molar refractivity (Wildman–Crippen MR) is 66.7 cm³/mol. The number of rotatable bonds is 2. The minimum absolute atomic E-state index is 0.132. The first-order valence-corrected chi connectivity index (χ1v) is 5.38. The fourth-order valence-electron chi connectivity index (χ4n) is 1.96. The Morgan fingerprint density at radius 3 is 2.56 bits per heavy atom. The molecule has 0 saturated carbocycles. The number of phenolic OH excluding ortho intramolecular Hbond substituents is 1. The number of benzene rings is 1. The van der Waals surface area contributed by atoms with Crippen molar-refractivity contribution in [2.75, 3.05) is 0 Å². The van der Waals surface area contributed by atoms with Crippen molar-refractivity contribution < 1.29 is 15.0 Å². The summed E-state index contributed by atoms with van der Waals surface area (Å²) in [5.74, 6) is -0.830. The second kappa shape index (κ2) is 3.66. The van der Waals surface area contributed by atoms with Gasteiger partial charge in [0.25, 0.3) is 0 Å². The minimum Gasteiger partial charge on any atom is -0.506 e. The molecule has 0 bridgehead atoms. The number of aromatic amines is 2. The average Bonchev–Trinajstić information content (AvgIpc) is 2.95. The Hall–Kier alpha value is -2.69. The summed E-state index contributed by atoms with van der Waals surface area (Å²) in [6, 6.07) is 10.3. The molecular formula is C13H10N2O3. The Morgan fingerprint density at radius 1 is 1.06 bits per heavy atom. The van der Waals surface area contributed by atoms with Gasteiger partial charge < -0.3 is 20.2 Å². The number of aromatic nitrogens is 2. The van der Waals surface area contributed by atoms with Gasteiger partial charge in [0.2, 0.25) is 0 Å². The normalized spacial score (nSPS) is 10.9. The number of aromatic hydroxyl groups is 1. The maximum absolute atomic E-state index is 10.8. The molecule has 18 heavy (non-hydrogen) atoms. The van der Waals surface area contributed by atoms with Crippen molar-refractivity contribution in [2.45, 2.75) is 0 Å². The number of phenols is 1. The van der Waals surface area contributed by atoms with Gasteiger partial charge in [-0.3, -0.25) is 0 Å². The number of carboxylic acids is 1. The molecule has 0 radical (unpaired) electrons. The topological polar surface area (TPSA) is 89.1 Å². The highest BCUT2D eigenvalue weighted by Crippen LogP contribution is 2.28. The van der Waals surface area contributed by atoms with Gasteiger partial charge in [-0.15, -0.1) is 0 Å². The second-order valence-electron chi connectivity index (χ2n) is 4.02. The van der Waals surface area contributed by atoms with E-state index in [1.165, 1.54) is 6.07 Å². The van der Waals surface area contributed by atoms with E-state index in [1.54, 1.807) is 18.2 Å². The van der Waals surface area contributed by atoms with E-state index in [4.69, 9.17) is 5.11 Å². The number of hydrogen-bond acceptors (Lipinski definition) is 2. The largest absolute Gasteiger partial charge is 0.506 e. The Balaban J connectivity index is 2.13. The summed E-state index contributed by atoms with van der Waals surface area (Å²) in [4.78, 5) is 16.6. The molecule has 3 rings (SSSR count). The van der Waals surface area contributed by atoms with Crippen molar-refractivity contribution in [1.29, 1.82) is 0 Å². The monoisotopic (exact) mass is 242 g/mol. The molecule has 0 aliphatic heterocycles. The summed E-state index contributed by atoms with van der Waals surface area (Å²) in [6.07, 6.45) is 0. The number of carbonyl (C=O) groups is 1. The lowest BCUT2D eigenvalue weighted by Crippen LogP contribution is -1.95. The molecule has 0 saturated heterocycles. The fourth-order valence-corrected chi connectivity index (χ4v) is 1.96. The van der Waals surface area contributed by atoms with Crippen molar-refractivity contribution in [1.82, 2.24) is 9.97 Å². The quantitative estimate of drug-likeness (QED) is 0.556.